The minimum absolute atomic E-state index is 0.185. The third kappa shape index (κ3) is 2.46. The van der Waals surface area contributed by atoms with Crippen molar-refractivity contribution in [1.29, 1.82) is 0 Å². The Labute approximate surface area is 110 Å². The van der Waals surface area contributed by atoms with Crippen LogP contribution in [0.1, 0.15) is 31.9 Å². The van der Waals surface area contributed by atoms with Gasteiger partial charge < -0.3 is 0 Å². The van der Waals surface area contributed by atoms with E-state index in [0.29, 0.717) is 0 Å². The molecule has 2 rings (SSSR count). The Balaban J connectivity index is 2.45. The molecule has 0 unspecified atom stereocenters. The van der Waals surface area contributed by atoms with Crippen LogP contribution in [0.15, 0.2) is 48.5 Å². The van der Waals surface area contributed by atoms with Gasteiger partial charge in [-0.15, -0.1) is 6.42 Å². The molecule has 0 aliphatic carbocycles. The minimum Gasteiger partial charge on any atom is -0.115 e. The first-order valence-corrected chi connectivity index (χ1v) is 6.19. The standard InChI is InChI=1S/C18H18/c1-5-14-8-6-7-9-17(14)15-10-12-16(13-11-15)18(2,3)4/h1,6-13H,2-4H3. The van der Waals surface area contributed by atoms with E-state index in [1.54, 1.807) is 0 Å². The number of hydrogen-bond acceptors (Lipinski definition) is 0. The Morgan fingerprint density at radius 3 is 2.06 bits per heavy atom. The van der Waals surface area contributed by atoms with Crippen LogP contribution in [0.5, 0.6) is 0 Å². The van der Waals surface area contributed by atoms with Gasteiger partial charge in [-0.05, 0) is 28.2 Å². The number of benzene rings is 2. The molecule has 0 atom stereocenters. The Kier molecular flexibility index (Phi) is 3.26. The van der Waals surface area contributed by atoms with Crippen LogP contribution in [0.3, 0.4) is 0 Å². The molecule has 2 aromatic rings. The van der Waals surface area contributed by atoms with Crippen molar-refractivity contribution >= 4 is 0 Å². The Hall–Kier alpha value is -2.00. The fourth-order valence-electron chi connectivity index (χ4n) is 2.01. The summed E-state index contributed by atoms with van der Waals surface area (Å²) in [7, 11) is 0. The predicted molar refractivity (Wildman–Crippen MR) is 78.5 cm³/mol. The van der Waals surface area contributed by atoms with Gasteiger partial charge in [0.05, 0.1) is 0 Å². The van der Waals surface area contributed by atoms with Crippen molar-refractivity contribution in [3.05, 3.63) is 59.7 Å². The second-order valence-corrected chi connectivity index (χ2v) is 5.52. The third-order valence-corrected chi connectivity index (χ3v) is 3.14. The van der Waals surface area contributed by atoms with Crippen molar-refractivity contribution in [2.75, 3.05) is 0 Å². The molecule has 0 saturated heterocycles. The summed E-state index contributed by atoms with van der Waals surface area (Å²) < 4.78 is 0. The van der Waals surface area contributed by atoms with Crippen molar-refractivity contribution in [2.24, 2.45) is 0 Å². The van der Waals surface area contributed by atoms with Gasteiger partial charge in [0, 0.05) is 5.56 Å². The molecule has 0 heterocycles. The molecule has 0 amide bonds. The van der Waals surface area contributed by atoms with Crippen LogP contribution in [0.25, 0.3) is 11.1 Å². The lowest BCUT2D eigenvalue weighted by atomic mass is 9.86. The van der Waals surface area contributed by atoms with Crippen LogP contribution in [-0.2, 0) is 5.41 Å². The summed E-state index contributed by atoms with van der Waals surface area (Å²) in [5.74, 6) is 2.74. The first kappa shape index (κ1) is 12.5. The summed E-state index contributed by atoms with van der Waals surface area (Å²) in [4.78, 5) is 0. The summed E-state index contributed by atoms with van der Waals surface area (Å²) in [6, 6.07) is 16.7. The van der Waals surface area contributed by atoms with Gasteiger partial charge in [-0.3, -0.25) is 0 Å². The van der Waals surface area contributed by atoms with Crippen LogP contribution in [0, 0.1) is 12.3 Å². The predicted octanol–water partition coefficient (Wildman–Crippen LogP) is 4.63. The van der Waals surface area contributed by atoms with Crippen molar-refractivity contribution < 1.29 is 0 Å². The van der Waals surface area contributed by atoms with Crippen molar-refractivity contribution in [2.45, 2.75) is 26.2 Å². The first-order chi connectivity index (χ1) is 8.52. The number of rotatable bonds is 1. The van der Waals surface area contributed by atoms with Gasteiger partial charge in [-0.2, -0.15) is 0 Å². The van der Waals surface area contributed by atoms with Gasteiger partial charge in [0.1, 0.15) is 0 Å². The van der Waals surface area contributed by atoms with Gasteiger partial charge in [0.25, 0.3) is 0 Å². The van der Waals surface area contributed by atoms with E-state index in [1.165, 1.54) is 11.1 Å². The van der Waals surface area contributed by atoms with Gasteiger partial charge in [-0.1, -0.05) is 69.2 Å². The van der Waals surface area contributed by atoms with Gasteiger partial charge in [-0.25, -0.2) is 0 Å². The van der Waals surface area contributed by atoms with Gasteiger partial charge in [0.2, 0.25) is 0 Å². The molecule has 0 bridgehead atoms. The second-order valence-electron chi connectivity index (χ2n) is 5.52. The van der Waals surface area contributed by atoms with Crippen LogP contribution >= 0.6 is 0 Å². The molecule has 0 aliphatic rings. The second kappa shape index (κ2) is 4.70. The SMILES string of the molecule is C#Cc1ccccc1-c1ccc(C(C)(C)C)cc1. The van der Waals surface area contributed by atoms with Crippen LogP contribution < -0.4 is 0 Å². The highest BCUT2D eigenvalue weighted by molar-refractivity contribution is 5.71. The molecular formula is C18H18. The average molecular weight is 234 g/mol. The Bertz CT molecular complexity index is 575. The van der Waals surface area contributed by atoms with Crippen molar-refractivity contribution in [3.63, 3.8) is 0 Å². The lowest BCUT2D eigenvalue weighted by Gasteiger charge is -2.19. The fraction of sp³-hybridized carbons (Fsp3) is 0.222. The van der Waals surface area contributed by atoms with E-state index in [0.717, 1.165) is 11.1 Å². The van der Waals surface area contributed by atoms with E-state index in [4.69, 9.17) is 6.42 Å². The van der Waals surface area contributed by atoms with E-state index in [-0.39, 0.29) is 5.41 Å². The first-order valence-electron chi connectivity index (χ1n) is 6.19. The van der Waals surface area contributed by atoms with Gasteiger partial charge >= 0.3 is 0 Å². The summed E-state index contributed by atoms with van der Waals surface area (Å²) >= 11 is 0. The van der Waals surface area contributed by atoms with Crippen molar-refractivity contribution in [1.82, 2.24) is 0 Å². The number of hydrogen-bond donors (Lipinski definition) is 0. The van der Waals surface area contributed by atoms with E-state index in [9.17, 15) is 0 Å². The normalized spacial score (nSPS) is 11.0. The molecule has 90 valence electrons. The largest absolute Gasteiger partial charge is 0.115 e. The summed E-state index contributed by atoms with van der Waals surface area (Å²) in [6.45, 7) is 6.66. The minimum atomic E-state index is 0.185. The maximum absolute atomic E-state index is 5.54. The molecule has 0 radical (unpaired) electrons. The summed E-state index contributed by atoms with van der Waals surface area (Å²) in [5, 5.41) is 0. The molecular weight excluding hydrogens is 216 g/mol. The lowest BCUT2D eigenvalue weighted by Crippen LogP contribution is -2.10. The third-order valence-electron chi connectivity index (χ3n) is 3.14. The van der Waals surface area contributed by atoms with Crippen LogP contribution in [0.2, 0.25) is 0 Å². The zero-order chi connectivity index (χ0) is 13.2. The van der Waals surface area contributed by atoms with E-state index < -0.39 is 0 Å². The Morgan fingerprint density at radius 1 is 0.889 bits per heavy atom. The molecule has 0 fully saturated rings. The molecule has 0 heteroatoms. The molecule has 18 heavy (non-hydrogen) atoms. The molecule has 2 aromatic carbocycles. The molecule has 0 N–H and O–H groups in total. The fourth-order valence-corrected chi connectivity index (χ4v) is 2.01. The lowest BCUT2D eigenvalue weighted by molar-refractivity contribution is 0.590. The smallest absolute Gasteiger partial charge is 0.0321 e. The van der Waals surface area contributed by atoms with Crippen molar-refractivity contribution in [3.8, 4) is 23.5 Å². The summed E-state index contributed by atoms with van der Waals surface area (Å²) in [5.41, 5.74) is 4.77. The summed E-state index contributed by atoms with van der Waals surface area (Å²) in [6.07, 6.45) is 5.54. The number of terminal acetylenes is 1. The van der Waals surface area contributed by atoms with Crippen LogP contribution in [-0.4, -0.2) is 0 Å². The molecule has 0 nitrogen and oxygen atoms in total. The molecule has 0 spiro atoms. The average Bonchev–Trinajstić information content (AvgIpc) is 2.38. The molecule has 0 aromatic heterocycles. The van der Waals surface area contributed by atoms with E-state index in [1.807, 2.05) is 18.2 Å². The highest BCUT2D eigenvalue weighted by Crippen LogP contribution is 2.27. The van der Waals surface area contributed by atoms with E-state index >= 15 is 0 Å². The zero-order valence-corrected chi connectivity index (χ0v) is 11.2. The maximum atomic E-state index is 5.54. The molecule has 0 saturated carbocycles. The van der Waals surface area contributed by atoms with Crippen LogP contribution in [0.4, 0.5) is 0 Å². The van der Waals surface area contributed by atoms with Gasteiger partial charge in [0.15, 0.2) is 0 Å². The topological polar surface area (TPSA) is 0 Å². The Morgan fingerprint density at radius 2 is 1.50 bits per heavy atom. The zero-order valence-electron chi connectivity index (χ0n) is 11.2. The highest BCUT2D eigenvalue weighted by atomic mass is 14.2. The highest BCUT2D eigenvalue weighted by Gasteiger charge is 2.13. The molecule has 0 aliphatic heterocycles. The quantitative estimate of drug-likeness (QED) is 0.631. The van der Waals surface area contributed by atoms with E-state index in [2.05, 4.69) is 57.0 Å². The monoisotopic (exact) mass is 234 g/mol. The maximum Gasteiger partial charge on any atom is 0.0321 e.